The Bertz CT molecular complexity index is 742. The van der Waals surface area contributed by atoms with E-state index in [1.165, 1.54) is 0 Å². The smallest absolute Gasteiger partial charge is 0.253 e. The third-order valence-corrected chi connectivity index (χ3v) is 5.08. The third-order valence-electron chi connectivity index (χ3n) is 4.31. The maximum absolute atomic E-state index is 12.4. The van der Waals surface area contributed by atoms with Crippen molar-refractivity contribution in [2.24, 2.45) is 0 Å². The summed E-state index contributed by atoms with van der Waals surface area (Å²) in [6.07, 6.45) is 4.05. The zero-order valence-electron chi connectivity index (χ0n) is 14.2. The number of thiazole rings is 1. The zero-order valence-corrected chi connectivity index (χ0v) is 15.0. The van der Waals surface area contributed by atoms with E-state index in [1.807, 2.05) is 25.3 Å². The number of nitrogens with zero attached hydrogens (tertiary/aromatic N) is 2. The fourth-order valence-electron chi connectivity index (χ4n) is 3.06. The molecule has 1 unspecified atom stereocenters. The van der Waals surface area contributed by atoms with Gasteiger partial charge in [-0.05, 0) is 32.8 Å². The first-order valence-corrected chi connectivity index (χ1v) is 9.11. The van der Waals surface area contributed by atoms with Crippen molar-refractivity contribution in [3.63, 3.8) is 0 Å². The molecule has 1 atom stereocenters. The van der Waals surface area contributed by atoms with Crippen molar-refractivity contribution in [2.45, 2.75) is 39.3 Å². The minimum atomic E-state index is -0.0771. The lowest BCUT2D eigenvalue weighted by Crippen LogP contribution is -2.24. The second kappa shape index (κ2) is 7.32. The highest BCUT2D eigenvalue weighted by molar-refractivity contribution is 7.09. The van der Waals surface area contributed by atoms with E-state index in [0.29, 0.717) is 12.1 Å². The van der Waals surface area contributed by atoms with E-state index in [4.69, 9.17) is 4.74 Å². The monoisotopic (exact) mass is 345 g/mol. The molecule has 24 heavy (non-hydrogen) atoms. The van der Waals surface area contributed by atoms with Crippen LogP contribution in [0.5, 0.6) is 0 Å². The molecule has 1 aliphatic rings. The van der Waals surface area contributed by atoms with Crippen LogP contribution >= 0.6 is 11.3 Å². The van der Waals surface area contributed by atoms with Crippen molar-refractivity contribution in [1.29, 1.82) is 0 Å². The number of nitrogens with one attached hydrogen (secondary N) is 1. The van der Waals surface area contributed by atoms with Crippen LogP contribution in [0.3, 0.4) is 0 Å². The van der Waals surface area contributed by atoms with Crippen molar-refractivity contribution in [3.05, 3.63) is 40.4 Å². The molecule has 128 valence electrons. The second-order valence-corrected chi connectivity index (χ2v) is 7.09. The Morgan fingerprint density at radius 1 is 1.58 bits per heavy atom. The van der Waals surface area contributed by atoms with E-state index in [-0.39, 0.29) is 12.0 Å². The maximum atomic E-state index is 12.4. The SMILES string of the molecule is C=CCNC(=O)c1cc(-c2csc(C)n2)n(CC2CCCO2)c1C. The Balaban J connectivity index is 1.97. The summed E-state index contributed by atoms with van der Waals surface area (Å²) in [5.74, 6) is -0.0771. The van der Waals surface area contributed by atoms with E-state index in [1.54, 1.807) is 17.4 Å². The molecule has 6 heteroatoms. The molecule has 2 aromatic heterocycles. The molecule has 0 saturated carbocycles. The molecule has 0 bridgehead atoms. The van der Waals surface area contributed by atoms with Gasteiger partial charge in [0.1, 0.15) is 0 Å². The zero-order chi connectivity index (χ0) is 17.1. The van der Waals surface area contributed by atoms with Gasteiger partial charge in [0.25, 0.3) is 5.91 Å². The van der Waals surface area contributed by atoms with Crippen LogP contribution in [0, 0.1) is 13.8 Å². The summed E-state index contributed by atoms with van der Waals surface area (Å²) < 4.78 is 7.96. The van der Waals surface area contributed by atoms with E-state index in [2.05, 4.69) is 21.4 Å². The summed E-state index contributed by atoms with van der Waals surface area (Å²) in [7, 11) is 0. The molecular weight excluding hydrogens is 322 g/mol. The van der Waals surface area contributed by atoms with Gasteiger partial charge in [0.15, 0.2) is 0 Å². The fraction of sp³-hybridized carbons (Fsp3) is 0.444. The predicted octanol–water partition coefficient (Wildman–Crippen LogP) is 3.32. The van der Waals surface area contributed by atoms with Crippen LogP contribution in [0.4, 0.5) is 0 Å². The van der Waals surface area contributed by atoms with Crippen LogP contribution in [0.1, 0.15) is 33.9 Å². The van der Waals surface area contributed by atoms with E-state index >= 15 is 0 Å². The molecule has 1 fully saturated rings. The minimum Gasteiger partial charge on any atom is -0.376 e. The van der Waals surface area contributed by atoms with Gasteiger partial charge in [0.05, 0.1) is 28.1 Å². The first-order chi connectivity index (χ1) is 11.6. The normalized spacial score (nSPS) is 17.2. The number of hydrogen-bond donors (Lipinski definition) is 1. The molecule has 0 aliphatic carbocycles. The molecule has 0 radical (unpaired) electrons. The molecule has 1 amide bonds. The molecule has 0 spiro atoms. The number of amides is 1. The van der Waals surface area contributed by atoms with Crippen molar-refractivity contribution in [2.75, 3.05) is 13.2 Å². The van der Waals surface area contributed by atoms with Gasteiger partial charge in [0, 0.05) is 30.8 Å². The molecular formula is C18H23N3O2S. The molecule has 3 rings (SSSR count). The van der Waals surface area contributed by atoms with Crippen LogP contribution in [0.25, 0.3) is 11.4 Å². The maximum Gasteiger partial charge on any atom is 0.253 e. The Hall–Kier alpha value is -1.92. The Labute approximate surface area is 146 Å². The molecule has 5 nitrogen and oxygen atoms in total. The lowest BCUT2D eigenvalue weighted by Gasteiger charge is -2.15. The van der Waals surface area contributed by atoms with Gasteiger partial charge in [-0.3, -0.25) is 4.79 Å². The standard InChI is InChI=1S/C18H23N3O2S/c1-4-7-19-18(22)15-9-17(16-11-24-13(3)20-16)21(12(15)2)10-14-6-5-8-23-14/h4,9,11,14H,1,5-8,10H2,2-3H3,(H,19,22). The highest BCUT2D eigenvalue weighted by Gasteiger charge is 2.23. The highest BCUT2D eigenvalue weighted by Crippen LogP contribution is 2.29. The molecule has 1 saturated heterocycles. The van der Waals surface area contributed by atoms with Gasteiger partial charge in [0.2, 0.25) is 0 Å². The van der Waals surface area contributed by atoms with Gasteiger partial charge in [-0.1, -0.05) is 6.08 Å². The summed E-state index contributed by atoms with van der Waals surface area (Å²) >= 11 is 1.62. The number of aryl methyl sites for hydroxylation is 1. The number of rotatable bonds is 6. The molecule has 2 aromatic rings. The summed E-state index contributed by atoms with van der Waals surface area (Å²) in [4.78, 5) is 17.0. The Morgan fingerprint density at radius 3 is 3.04 bits per heavy atom. The summed E-state index contributed by atoms with van der Waals surface area (Å²) in [6, 6.07) is 1.94. The van der Waals surface area contributed by atoms with Crippen LogP contribution in [0.2, 0.25) is 0 Å². The van der Waals surface area contributed by atoms with Gasteiger partial charge >= 0.3 is 0 Å². The number of carbonyl (C=O) groups excluding carboxylic acids is 1. The largest absolute Gasteiger partial charge is 0.376 e. The summed E-state index contributed by atoms with van der Waals surface area (Å²) in [6.45, 7) is 9.66. The minimum absolute atomic E-state index is 0.0771. The molecule has 1 aliphatic heterocycles. The van der Waals surface area contributed by atoms with Crippen LogP contribution in [0.15, 0.2) is 24.1 Å². The Kier molecular flexibility index (Phi) is 5.16. The number of carbonyl (C=O) groups is 1. The molecule has 3 heterocycles. The fourth-order valence-corrected chi connectivity index (χ4v) is 3.66. The van der Waals surface area contributed by atoms with E-state index < -0.39 is 0 Å². The van der Waals surface area contributed by atoms with Crippen LogP contribution in [-0.4, -0.2) is 34.7 Å². The predicted molar refractivity (Wildman–Crippen MR) is 96.5 cm³/mol. The molecule has 1 N–H and O–H groups in total. The topological polar surface area (TPSA) is 56.2 Å². The quantitative estimate of drug-likeness (QED) is 0.817. The average Bonchev–Trinajstić information content (AvgIpc) is 3.28. The lowest BCUT2D eigenvalue weighted by atomic mass is 10.2. The highest BCUT2D eigenvalue weighted by atomic mass is 32.1. The second-order valence-electron chi connectivity index (χ2n) is 6.02. The number of aromatic nitrogens is 2. The van der Waals surface area contributed by atoms with Crippen molar-refractivity contribution in [1.82, 2.24) is 14.9 Å². The third kappa shape index (κ3) is 3.44. The number of ether oxygens (including phenoxy) is 1. The first-order valence-electron chi connectivity index (χ1n) is 8.23. The van der Waals surface area contributed by atoms with Gasteiger partial charge in [-0.2, -0.15) is 0 Å². The van der Waals surface area contributed by atoms with E-state index in [9.17, 15) is 4.79 Å². The number of hydrogen-bond acceptors (Lipinski definition) is 4. The van der Waals surface area contributed by atoms with Crippen molar-refractivity contribution in [3.8, 4) is 11.4 Å². The lowest BCUT2D eigenvalue weighted by molar-refractivity contribution is 0.0944. The van der Waals surface area contributed by atoms with Crippen LogP contribution in [-0.2, 0) is 11.3 Å². The van der Waals surface area contributed by atoms with E-state index in [0.717, 1.165) is 48.1 Å². The molecule has 0 aromatic carbocycles. The average molecular weight is 345 g/mol. The van der Waals surface area contributed by atoms with Gasteiger partial charge < -0.3 is 14.6 Å². The van der Waals surface area contributed by atoms with Crippen molar-refractivity contribution >= 4 is 17.2 Å². The summed E-state index contributed by atoms with van der Waals surface area (Å²) in [5.41, 5.74) is 3.54. The summed E-state index contributed by atoms with van der Waals surface area (Å²) in [5, 5.41) is 5.92. The van der Waals surface area contributed by atoms with Gasteiger partial charge in [-0.25, -0.2) is 4.98 Å². The van der Waals surface area contributed by atoms with Crippen LogP contribution < -0.4 is 5.32 Å². The Morgan fingerprint density at radius 2 is 2.42 bits per heavy atom. The first kappa shape index (κ1) is 16.9. The van der Waals surface area contributed by atoms with Crippen molar-refractivity contribution < 1.29 is 9.53 Å². The van der Waals surface area contributed by atoms with Gasteiger partial charge in [-0.15, -0.1) is 17.9 Å².